The average molecular weight is 286 g/mol. The predicted octanol–water partition coefficient (Wildman–Crippen LogP) is 4.96. The van der Waals surface area contributed by atoms with E-state index in [1.807, 2.05) is 0 Å². The molecule has 0 aromatic rings. The van der Waals surface area contributed by atoms with E-state index in [1.165, 1.54) is 38.0 Å². The van der Waals surface area contributed by atoms with Crippen molar-refractivity contribution in [3.05, 3.63) is 0 Å². The molecular formula is C17H35NS. The first-order chi connectivity index (χ1) is 8.83. The Hall–Kier alpha value is 0.310. The van der Waals surface area contributed by atoms with Gasteiger partial charge in [-0.05, 0) is 43.6 Å². The van der Waals surface area contributed by atoms with Crippen LogP contribution in [0.15, 0.2) is 0 Å². The molecule has 1 nitrogen and oxygen atoms in total. The molecule has 19 heavy (non-hydrogen) atoms. The fourth-order valence-electron chi connectivity index (χ4n) is 2.99. The van der Waals surface area contributed by atoms with E-state index >= 15 is 0 Å². The molecular weight excluding hydrogens is 250 g/mol. The van der Waals surface area contributed by atoms with Gasteiger partial charge in [-0.25, -0.2) is 0 Å². The maximum Gasteiger partial charge on any atom is 0.0186 e. The summed E-state index contributed by atoms with van der Waals surface area (Å²) in [5.41, 5.74) is 0. The highest BCUT2D eigenvalue weighted by molar-refractivity contribution is 8.00. The van der Waals surface area contributed by atoms with Gasteiger partial charge in [-0.3, -0.25) is 0 Å². The third-order valence-electron chi connectivity index (χ3n) is 4.56. The van der Waals surface area contributed by atoms with E-state index in [-0.39, 0.29) is 0 Å². The molecule has 1 fully saturated rings. The number of rotatable bonds is 6. The molecule has 1 N–H and O–H groups in total. The Bertz CT molecular complexity index is 246. The summed E-state index contributed by atoms with van der Waals surface area (Å²) in [4.78, 5) is 0. The second kappa shape index (κ2) is 7.93. The summed E-state index contributed by atoms with van der Waals surface area (Å²) in [5, 5.41) is 3.83. The summed E-state index contributed by atoms with van der Waals surface area (Å²) in [6.07, 6.45) is 5.52. The minimum atomic E-state index is 0.389. The smallest absolute Gasteiger partial charge is 0.0186 e. The average Bonchev–Trinajstić information content (AvgIpc) is 2.32. The van der Waals surface area contributed by atoms with Crippen LogP contribution in [-0.4, -0.2) is 23.1 Å². The highest BCUT2D eigenvalue weighted by atomic mass is 32.2. The van der Waals surface area contributed by atoms with Gasteiger partial charge in [-0.15, -0.1) is 0 Å². The van der Waals surface area contributed by atoms with Crippen LogP contribution in [0.25, 0.3) is 0 Å². The lowest BCUT2D eigenvalue weighted by Gasteiger charge is -2.38. The molecule has 0 heterocycles. The molecule has 0 bridgehead atoms. The van der Waals surface area contributed by atoms with Crippen molar-refractivity contribution in [3.8, 4) is 0 Å². The quantitative estimate of drug-likeness (QED) is 0.740. The molecule has 2 heteroatoms. The molecule has 0 saturated heterocycles. The summed E-state index contributed by atoms with van der Waals surface area (Å²) in [6, 6.07) is 0.721. The number of nitrogens with one attached hydrogen (secondary N) is 1. The van der Waals surface area contributed by atoms with Crippen LogP contribution in [0.2, 0.25) is 0 Å². The molecule has 0 aromatic heterocycles. The lowest BCUT2D eigenvalue weighted by Crippen LogP contribution is -2.42. The zero-order chi connectivity index (χ0) is 14.5. The molecule has 1 aliphatic carbocycles. The SMILES string of the molecule is CCCNC(CSC(C)(C)C)C1CCC(C)C(C)C1. The summed E-state index contributed by atoms with van der Waals surface area (Å²) in [6.45, 7) is 15.3. The van der Waals surface area contributed by atoms with Gasteiger partial charge in [-0.2, -0.15) is 11.8 Å². The van der Waals surface area contributed by atoms with E-state index in [9.17, 15) is 0 Å². The molecule has 114 valence electrons. The van der Waals surface area contributed by atoms with E-state index < -0.39 is 0 Å². The van der Waals surface area contributed by atoms with Gasteiger partial charge in [0, 0.05) is 16.5 Å². The molecule has 1 saturated carbocycles. The van der Waals surface area contributed by atoms with E-state index in [0.29, 0.717) is 4.75 Å². The van der Waals surface area contributed by atoms with Crippen LogP contribution in [0, 0.1) is 17.8 Å². The molecule has 0 radical (unpaired) electrons. The molecule has 4 atom stereocenters. The largest absolute Gasteiger partial charge is 0.313 e. The molecule has 1 aliphatic rings. The van der Waals surface area contributed by atoms with Gasteiger partial charge in [0.15, 0.2) is 0 Å². The molecule has 0 spiro atoms. The van der Waals surface area contributed by atoms with Crippen LogP contribution >= 0.6 is 11.8 Å². The topological polar surface area (TPSA) is 12.0 Å². The zero-order valence-electron chi connectivity index (χ0n) is 14.0. The number of thioether (sulfide) groups is 1. The maximum atomic E-state index is 3.83. The van der Waals surface area contributed by atoms with Crippen molar-refractivity contribution < 1.29 is 0 Å². The minimum Gasteiger partial charge on any atom is -0.313 e. The molecule has 0 aromatic carbocycles. The number of hydrogen-bond donors (Lipinski definition) is 1. The van der Waals surface area contributed by atoms with Gasteiger partial charge in [0.05, 0.1) is 0 Å². The molecule has 0 amide bonds. The van der Waals surface area contributed by atoms with Gasteiger partial charge in [0.2, 0.25) is 0 Å². The standard InChI is InChI=1S/C17H35NS/c1-7-10-18-16(12-19-17(4,5)6)15-9-8-13(2)14(3)11-15/h13-16,18H,7-12H2,1-6H3. The van der Waals surface area contributed by atoms with Crippen LogP contribution in [0.3, 0.4) is 0 Å². The van der Waals surface area contributed by atoms with Crippen molar-refractivity contribution in [2.45, 2.75) is 78.0 Å². The first-order valence-electron chi connectivity index (χ1n) is 8.20. The Labute approximate surface area is 125 Å². The van der Waals surface area contributed by atoms with Crippen LogP contribution in [0.5, 0.6) is 0 Å². The monoisotopic (exact) mass is 285 g/mol. The van der Waals surface area contributed by atoms with Gasteiger partial charge in [0.1, 0.15) is 0 Å². The first-order valence-corrected chi connectivity index (χ1v) is 9.19. The summed E-state index contributed by atoms with van der Waals surface area (Å²) >= 11 is 2.13. The van der Waals surface area contributed by atoms with Crippen LogP contribution in [0.1, 0.15) is 67.2 Å². The first kappa shape index (κ1) is 17.4. The third kappa shape index (κ3) is 6.53. The van der Waals surface area contributed by atoms with Gasteiger partial charge >= 0.3 is 0 Å². The highest BCUT2D eigenvalue weighted by Crippen LogP contribution is 2.36. The van der Waals surface area contributed by atoms with Crippen LogP contribution < -0.4 is 5.32 Å². The summed E-state index contributed by atoms with van der Waals surface area (Å²) < 4.78 is 0.389. The third-order valence-corrected chi connectivity index (χ3v) is 5.95. The van der Waals surface area contributed by atoms with Gasteiger partial charge in [0.25, 0.3) is 0 Å². The van der Waals surface area contributed by atoms with Crippen molar-refractivity contribution in [1.82, 2.24) is 5.32 Å². The van der Waals surface area contributed by atoms with E-state index in [0.717, 1.165) is 23.8 Å². The van der Waals surface area contributed by atoms with Crippen molar-refractivity contribution in [3.63, 3.8) is 0 Å². The Morgan fingerprint density at radius 1 is 1.16 bits per heavy atom. The Morgan fingerprint density at radius 3 is 2.37 bits per heavy atom. The molecule has 4 unspecified atom stereocenters. The fourth-order valence-corrected chi connectivity index (χ4v) is 4.06. The lowest BCUT2D eigenvalue weighted by molar-refractivity contribution is 0.178. The second-order valence-corrected chi connectivity index (χ2v) is 9.36. The van der Waals surface area contributed by atoms with Crippen molar-refractivity contribution >= 4 is 11.8 Å². The van der Waals surface area contributed by atoms with Crippen LogP contribution in [-0.2, 0) is 0 Å². The van der Waals surface area contributed by atoms with Crippen molar-refractivity contribution in [2.75, 3.05) is 12.3 Å². The van der Waals surface area contributed by atoms with Crippen molar-refractivity contribution in [2.24, 2.45) is 17.8 Å². The zero-order valence-corrected chi connectivity index (χ0v) is 14.8. The summed E-state index contributed by atoms with van der Waals surface area (Å²) in [7, 11) is 0. The highest BCUT2D eigenvalue weighted by Gasteiger charge is 2.30. The Kier molecular flexibility index (Phi) is 7.24. The summed E-state index contributed by atoms with van der Waals surface area (Å²) in [5.74, 6) is 4.00. The maximum absolute atomic E-state index is 3.83. The van der Waals surface area contributed by atoms with Crippen molar-refractivity contribution in [1.29, 1.82) is 0 Å². The molecule has 0 aliphatic heterocycles. The van der Waals surface area contributed by atoms with E-state index in [1.54, 1.807) is 0 Å². The normalized spacial score (nSPS) is 30.3. The Balaban J connectivity index is 2.52. The molecule has 1 rings (SSSR count). The van der Waals surface area contributed by atoms with E-state index in [4.69, 9.17) is 0 Å². The van der Waals surface area contributed by atoms with E-state index in [2.05, 4.69) is 58.6 Å². The number of hydrogen-bond acceptors (Lipinski definition) is 2. The lowest BCUT2D eigenvalue weighted by atomic mass is 9.73. The Morgan fingerprint density at radius 2 is 1.84 bits per heavy atom. The minimum absolute atomic E-state index is 0.389. The predicted molar refractivity (Wildman–Crippen MR) is 90.0 cm³/mol. The van der Waals surface area contributed by atoms with Gasteiger partial charge in [-0.1, -0.05) is 48.0 Å². The van der Waals surface area contributed by atoms with Crippen LogP contribution in [0.4, 0.5) is 0 Å². The second-order valence-electron chi connectivity index (χ2n) is 7.51. The van der Waals surface area contributed by atoms with Gasteiger partial charge < -0.3 is 5.32 Å². The fraction of sp³-hybridized carbons (Fsp3) is 1.00.